The predicted molar refractivity (Wildman–Crippen MR) is 113 cm³/mol. The normalized spacial score (nSPS) is 20.0. The van der Waals surface area contributed by atoms with Gasteiger partial charge in [-0.15, -0.1) is 0 Å². The van der Waals surface area contributed by atoms with Crippen LogP contribution in [-0.4, -0.2) is 38.2 Å². The molecule has 2 aromatic rings. The number of rotatable bonds is 6. The molecule has 7 nitrogen and oxygen atoms in total. The fourth-order valence-corrected chi connectivity index (χ4v) is 3.96. The smallest absolute Gasteiger partial charge is 0.229 e. The lowest BCUT2D eigenvalue weighted by atomic mass is 10.1. The molecule has 0 radical (unpaired) electrons. The molecule has 2 unspecified atom stereocenters. The zero-order valence-electron chi connectivity index (χ0n) is 17.4. The van der Waals surface area contributed by atoms with E-state index in [0.717, 1.165) is 23.4 Å². The number of hydrogen-bond donors (Lipinski definition) is 1. The van der Waals surface area contributed by atoms with Gasteiger partial charge in [0.1, 0.15) is 23.4 Å². The van der Waals surface area contributed by atoms with Gasteiger partial charge in [0.05, 0.1) is 25.3 Å². The van der Waals surface area contributed by atoms with Crippen molar-refractivity contribution >= 4 is 23.2 Å². The molecule has 2 aliphatic rings. The second-order valence-electron chi connectivity index (χ2n) is 7.62. The molecule has 1 saturated heterocycles. The van der Waals surface area contributed by atoms with Crippen LogP contribution in [0.3, 0.4) is 0 Å². The van der Waals surface area contributed by atoms with E-state index in [2.05, 4.69) is 5.32 Å². The van der Waals surface area contributed by atoms with Crippen molar-refractivity contribution in [3.8, 4) is 17.2 Å². The van der Waals surface area contributed by atoms with Crippen molar-refractivity contribution in [3.63, 3.8) is 0 Å². The van der Waals surface area contributed by atoms with E-state index in [-0.39, 0.29) is 24.3 Å². The molecule has 1 fully saturated rings. The highest BCUT2D eigenvalue weighted by atomic mass is 16.5. The molecule has 0 saturated carbocycles. The second-order valence-corrected chi connectivity index (χ2v) is 7.62. The molecule has 0 aliphatic carbocycles. The summed E-state index contributed by atoms with van der Waals surface area (Å²) in [6.45, 7) is 4.72. The summed E-state index contributed by atoms with van der Waals surface area (Å²) in [4.78, 5) is 27.2. The van der Waals surface area contributed by atoms with Crippen LogP contribution in [0.25, 0.3) is 0 Å². The standard InChI is InChI=1S/C23H26N2O5/c1-4-29-21-9-15-8-14(2)30-20(15)12-19(21)24-23(27)16-10-22(26)25(13-16)17-6-5-7-18(11-17)28-3/h5-7,9,11-12,14,16H,4,8,10,13H2,1-3H3,(H,24,27). The summed E-state index contributed by atoms with van der Waals surface area (Å²) in [6, 6.07) is 11.0. The molecule has 0 spiro atoms. The van der Waals surface area contributed by atoms with Crippen molar-refractivity contribution < 1.29 is 23.8 Å². The summed E-state index contributed by atoms with van der Waals surface area (Å²) in [6.07, 6.45) is 1.08. The molecule has 2 atom stereocenters. The number of anilines is 2. The Labute approximate surface area is 175 Å². The van der Waals surface area contributed by atoms with Gasteiger partial charge >= 0.3 is 0 Å². The van der Waals surface area contributed by atoms with Crippen LogP contribution in [0.15, 0.2) is 36.4 Å². The number of carbonyl (C=O) groups excluding carboxylic acids is 2. The monoisotopic (exact) mass is 410 g/mol. The quantitative estimate of drug-likeness (QED) is 0.790. The first-order chi connectivity index (χ1) is 14.5. The predicted octanol–water partition coefficient (Wildman–Crippen LogP) is 3.41. The number of methoxy groups -OCH3 is 1. The Morgan fingerprint density at radius 3 is 2.87 bits per heavy atom. The maximum absolute atomic E-state index is 13.0. The number of hydrogen-bond acceptors (Lipinski definition) is 5. The third kappa shape index (κ3) is 3.92. The number of ether oxygens (including phenoxy) is 3. The summed E-state index contributed by atoms with van der Waals surface area (Å²) in [5.41, 5.74) is 2.37. The molecular weight excluding hydrogens is 384 g/mol. The summed E-state index contributed by atoms with van der Waals surface area (Å²) < 4.78 is 16.8. The molecule has 2 aliphatic heterocycles. The lowest BCUT2D eigenvalue weighted by molar-refractivity contribution is -0.122. The lowest BCUT2D eigenvalue weighted by Gasteiger charge is -2.18. The zero-order valence-corrected chi connectivity index (χ0v) is 17.4. The molecular formula is C23H26N2O5. The Morgan fingerprint density at radius 2 is 2.10 bits per heavy atom. The molecule has 158 valence electrons. The van der Waals surface area contributed by atoms with Gasteiger partial charge in [-0.2, -0.15) is 0 Å². The Morgan fingerprint density at radius 1 is 1.27 bits per heavy atom. The van der Waals surface area contributed by atoms with E-state index >= 15 is 0 Å². The summed E-state index contributed by atoms with van der Waals surface area (Å²) in [5, 5.41) is 2.95. The number of nitrogens with one attached hydrogen (secondary N) is 1. The minimum Gasteiger partial charge on any atom is -0.497 e. The fourth-order valence-electron chi connectivity index (χ4n) is 3.96. The fraction of sp³-hybridized carbons (Fsp3) is 0.391. The van der Waals surface area contributed by atoms with Crippen LogP contribution in [0, 0.1) is 5.92 Å². The minimum absolute atomic E-state index is 0.0838. The van der Waals surface area contributed by atoms with Gasteiger partial charge in [0.25, 0.3) is 0 Å². The number of amides is 2. The van der Waals surface area contributed by atoms with Crippen LogP contribution < -0.4 is 24.4 Å². The topological polar surface area (TPSA) is 77.1 Å². The van der Waals surface area contributed by atoms with Crippen LogP contribution in [0.1, 0.15) is 25.8 Å². The van der Waals surface area contributed by atoms with Crippen LogP contribution in [-0.2, 0) is 16.0 Å². The Bertz CT molecular complexity index is 974. The van der Waals surface area contributed by atoms with Crippen molar-refractivity contribution in [1.82, 2.24) is 0 Å². The minimum atomic E-state index is -0.453. The van der Waals surface area contributed by atoms with E-state index in [9.17, 15) is 9.59 Å². The average Bonchev–Trinajstić information content (AvgIpc) is 3.29. The number of nitrogens with zero attached hydrogens (tertiary/aromatic N) is 1. The van der Waals surface area contributed by atoms with Gasteiger partial charge in [0, 0.05) is 42.8 Å². The highest BCUT2D eigenvalue weighted by Gasteiger charge is 2.36. The van der Waals surface area contributed by atoms with Crippen LogP contribution in [0.4, 0.5) is 11.4 Å². The SMILES string of the molecule is CCOc1cc2c(cc1NC(=O)C1CC(=O)N(c3cccc(OC)c3)C1)OC(C)C2. The largest absolute Gasteiger partial charge is 0.497 e. The van der Waals surface area contributed by atoms with Gasteiger partial charge in [-0.1, -0.05) is 6.07 Å². The summed E-state index contributed by atoms with van der Waals surface area (Å²) >= 11 is 0. The Balaban J connectivity index is 1.50. The van der Waals surface area contributed by atoms with E-state index < -0.39 is 5.92 Å². The molecule has 0 bridgehead atoms. The maximum Gasteiger partial charge on any atom is 0.229 e. The molecule has 2 amide bonds. The third-order valence-electron chi connectivity index (χ3n) is 5.42. The number of carbonyl (C=O) groups is 2. The lowest BCUT2D eigenvalue weighted by Crippen LogP contribution is -2.28. The van der Waals surface area contributed by atoms with Crippen molar-refractivity contribution in [2.45, 2.75) is 32.8 Å². The molecule has 1 N–H and O–H groups in total. The van der Waals surface area contributed by atoms with E-state index in [4.69, 9.17) is 14.2 Å². The van der Waals surface area contributed by atoms with Gasteiger partial charge in [0.15, 0.2) is 0 Å². The molecule has 7 heteroatoms. The highest BCUT2D eigenvalue weighted by Crippen LogP contribution is 2.38. The molecule has 2 aromatic carbocycles. The Hall–Kier alpha value is -3.22. The van der Waals surface area contributed by atoms with Gasteiger partial charge in [-0.25, -0.2) is 0 Å². The van der Waals surface area contributed by atoms with Crippen molar-refractivity contribution in [3.05, 3.63) is 42.0 Å². The Kier molecular flexibility index (Phi) is 5.53. The van der Waals surface area contributed by atoms with E-state index in [1.165, 1.54) is 0 Å². The first-order valence-electron chi connectivity index (χ1n) is 10.2. The highest BCUT2D eigenvalue weighted by molar-refractivity contribution is 6.04. The summed E-state index contributed by atoms with van der Waals surface area (Å²) in [5.74, 6) is 1.31. The molecule has 30 heavy (non-hydrogen) atoms. The van der Waals surface area contributed by atoms with Crippen LogP contribution in [0.2, 0.25) is 0 Å². The molecule has 0 aromatic heterocycles. The zero-order chi connectivity index (χ0) is 21.3. The van der Waals surface area contributed by atoms with Crippen LogP contribution >= 0.6 is 0 Å². The summed E-state index contributed by atoms with van der Waals surface area (Å²) in [7, 11) is 1.58. The van der Waals surface area contributed by atoms with Gasteiger partial charge in [-0.3, -0.25) is 9.59 Å². The van der Waals surface area contributed by atoms with Crippen LogP contribution in [0.5, 0.6) is 17.2 Å². The molecule has 4 rings (SSSR count). The van der Waals surface area contributed by atoms with Gasteiger partial charge < -0.3 is 24.4 Å². The van der Waals surface area contributed by atoms with Gasteiger partial charge in [0.2, 0.25) is 11.8 Å². The van der Waals surface area contributed by atoms with E-state index in [1.807, 2.05) is 44.2 Å². The van der Waals surface area contributed by atoms with E-state index in [0.29, 0.717) is 30.3 Å². The van der Waals surface area contributed by atoms with Crippen molar-refractivity contribution in [2.24, 2.45) is 5.92 Å². The van der Waals surface area contributed by atoms with Crippen molar-refractivity contribution in [1.29, 1.82) is 0 Å². The van der Waals surface area contributed by atoms with Crippen molar-refractivity contribution in [2.75, 3.05) is 30.5 Å². The first-order valence-corrected chi connectivity index (χ1v) is 10.2. The van der Waals surface area contributed by atoms with E-state index in [1.54, 1.807) is 18.1 Å². The second kappa shape index (κ2) is 8.26. The maximum atomic E-state index is 13.0. The number of benzene rings is 2. The van der Waals surface area contributed by atoms with Gasteiger partial charge in [-0.05, 0) is 32.0 Å². The average molecular weight is 410 g/mol. The first kappa shape index (κ1) is 20.1. The number of fused-ring (bicyclic) bond motifs is 1. The third-order valence-corrected chi connectivity index (χ3v) is 5.42. The molecule has 2 heterocycles.